The van der Waals surface area contributed by atoms with Gasteiger partial charge in [-0.25, -0.2) is 0 Å². The predicted octanol–water partition coefficient (Wildman–Crippen LogP) is 1.82. The number of hydrogen-bond donors (Lipinski definition) is 2. The topological polar surface area (TPSA) is 67.6 Å². The van der Waals surface area contributed by atoms with Gasteiger partial charge in [0.2, 0.25) is 5.95 Å². The number of hydrogen-bond acceptors (Lipinski definition) is 3. The van der Waals surface area contributed by atoms with Gasteiger partial charge >= 0.3 is 0 Å². The molecule has 0 bridgehead atoms. The molecule has 0 spiro atoms. The lowest BCUT2D eigenvalue weighted by molar-refractivity contribution is 1.10. The molecule has 1 aromatic carbocycles. The molecular weight excluding hydrogens is 232 g/mol. The smallest absolute Gasteiger partial charge is 0.239 e. The van der Waals surface area contributed by atoms with Crippen molar-refractivity contribution in [1.82, 2.24) is 15.2 Å². The normalized spacial score (nSPS) is 10.2. The molecule has 5 heteroatoms. The molecule has 3 N–H and O–H groups in total. The van der Waals surface area contributed by atoms with E-state index in [0.29, 0.717) is 5.82 Å². The standard InChI is InChI=1S/C8H7BrN4/c9-6-4-2-1-3-5(6)7-11-8(10)13-12-7/h1-4H,(H3,10,11,12,13). The van der Waals surface area contributed by atoms with E-state index in [4.69, 9.17) is 5.73 Å². The van der Waals surface area contributed by atoms with Crippen molar-refractivity contribution in [3.63, 3.8) is 0 Å². The van der Waals surface area contributed by atoms with Crippen LogP contribution in [-0.2, 0) is 0 Å². The lowest BCUT2D eigenvalue weighted by Gasteiger charge is -1.97. The summed E-state index contributed by atoms with van der Waals surface area (Å²) >= 11 is 3.41. The first-order valence-electron chi connectivity index (χ1n) is 3.70. The summed E-state index contributed by atoms with van der Waals surface area (Å²) in [7, 11) is 0. The number of nitrogen functional groups attached to an aromatic ring is 1. The van der Waals surface area contributed by atoms with Gasteiger partial charge in [0.25, 0.3) is 0 Å². The zero-order valence-electron chi connectivity index (χ0n) is 6.66. The summed E-state index contributed by atoms with van der Waals surface area (Å²) in [5.41, 5.74) is 6.35. The van der Waals surface area contributed by atoms with E-state index in [-0.39, 0.29) is 5.95 Å². The van der Waals surface area contributed by atoms with Crippen molar-refractivity contribution in [2.75, 3.05) is 5.73 Å². The molecule has 0 radical (unpaired) electrons. The molecule has 66 valence electrons. The Bertz CT molecular complexity index is 424. The Morgan fingerprint density at radius 3 is 2.69 bits per heavy atom. The van der Waals surface area contributed by atoms with Gasteiger partial charge in [-0.2, -0.15) is 4.98 Å². The van der Waals surface area contributed by atoms with Gasteiger partial charge in [0.05, 0.1) is 0 Å². The second-order valence-electron chi connectivity index (χ2n) is 2.52. The minimum Gasteiger partial charge on any atom is -0.366 e. The fourth-order valence-corrected chi connectivity index (χ4v) is 1.52. The van der Waals surface area contributed by atoms with Gasteiger partial charge in [0, 0.05) is 10.0 Å². The summed E-state index contributed by atoms with van der Waals surface area (Å²) in [5, 5.41) is 6.50. The molecule has 0 atom stereocenters. The van der Waals surface area contributed by atoms with E-state index in [1.165, 1.54) is 0 Å². The predicted molar refractivity (Wildman–Crippen MR) is 53.9 cm³/mol. The Morgan fingerprint density at radius 2 is 2.08 bits per heavy atom. The molecule has 0 aliphatic carbocycles. The van der Waals surface area contributed by atoms with Crippen LogP contribution >= 0.6 is 15.9 Å². The minimum absolute atomic E-state index is 0.255. The van der Waals surface area contributed by atoms with Crippen molar-refractivity contribution in [2.24, 2.45) is 0 Å². The van der Waals surface area contributed by atoms with Crippen LogP contribution in [0.3, 0.4) is 0 Å². The van der Waals surface area contributed by atoms with Crippen LogP contribution in [0, 0.1) is 0 Å². The largest absolute Gasteiger partial charge is 0.366 e. The fourth-order valence-electron chi connectivity index (χ4n) is 1.05. The zero-order chi connectivity index (χ0) is 9.26. The summed E-state index contributed by atoms with van der Waals surface area (Å²) in [6.07, 6.45) is 0. The number of aromatic amines is 1. The second kappa shape index (κ2) is 3.18. The molecule has 0 saturated heterocycles. The number of nitrogens with one attached hydrogen (secondary N) is 1. The molecule has 0 amide bonds. The van der Waals surface area contributed by atoms with Gasteiger partial charge in [-0.05, 0) is 6.07 Å². The van der Waals surface area contributed by atoms with E-state index in [9.17, 15) is 0 Å². The highest BCUT2D eigenvalue weighted by molar-refractivity contribution is 9.10. The van der Waals surface area contributed by atoms with E-state index in [1.807, 2.05) is 24.3 Å². The number of rotatable bonds is 1. The summed E-state index contributed by atoms with van der Waals surface area (Å²) in [4.78, 5) is 4.02. The van der Waals surface area contributed by atoms with Gasteiger partial charge < -0.3 is 5.73 Å². The number of benzene rings is 1. The third kappa shape index (κ3) is 1.55. The maximum absolute atomic E-state index is 5.40. The van der Waals surface area contributed by atoms with E-state index in [0.717, 1.165) is 10.0 Å². The van der Waals surface area contributed by atoms with Crippen molar-refractivity contribution >= 4 is 21.9 Å². The van der Waals surface area contributed by atoms with Crippen LogP contribution in [0.25, 0.3) is 11.4 Å². The number of halogens is 1. The summed E-state index contributed by atoms with van der Waals surface area (Å²) in [6, 6.07) is 7.74. The molecule has 1 heterocycles. The lowest BCUT2D eigenvalue weighted by atomic mass is 10.2. The maximum atomic E-state index is 5.40. The molecule has 2 rings (SSSR count). The average molecular weight is 239 g/mol. The summed E-state index contributed by atoms with van der Waals surface area (Å²) in [5.74, 6) is 0.927. The Labute approximate surface area is 83.3 Å². The quantitative estimate of drug-likeness (QED) is 0.797. The first-order chi connectivity index (χ1) is 6.27. The van der Waals surface area contributed by atoms with Crippen molar-refractivity contribution in [2.45, 2.75) is 0 Å². The third-order valence-electron chi connectivity index (χ3n) is 1.63. The van der Waals surface area contributed by atoms with Crippen LogP contribution in [0.2, 0.25) is 0 Å². The highest BCUT2D eigenvalue weighted by Gasteiger charge is 2.05. The molecule has 0 fully saturated rings. The van der Waals surface area contributed by atoms with Crippen molar-refractivity contribution in [3.05, 3.63) is 28.7 Å². The van der Waals surface area contributed by atoms with Crippen molar-refractivity contribution < 1.29 is 0 Å². The Balaban J connectivity index is 2.52. The number of aromatic nitrogens is 3. The van der Waals surface area contributed by atoms with Gasteiger partial charge in [-0.15, -0.1) is 5.10 Å². The Hall–Kier alpha value is -1.36. The molecule has 2 aromatic rings. The average Bonchev–Trinajstić information content (AvgIpc) is 2.53. The van der Waals surface area contributed by atoms with E-state index in [1.54, 1.807) is 0 Å². The first-order valence-corrected chi connectivity index (χ1v) is 4.49. The van der Waals surface area contributed by atoms with Crippen LogP contribution in [0.1, 0.15) is 0 Å². The number of H-pyrrole nitrogens is 1. The number of nitrogens with two attached hydrogens (primary N) is 1. The second-order valence-corrected chi connectivity index (χ2v) is 3.38. The summed E-state index contributed by atoms with van der Waals surface area (Å²) < 4.78 is 0.964. The Morgan fingerprint density at radius 1 is 1.31 bits per heavy atom. The monoisotopic (exact) mass is 238 g/mol. The van der Waals surface area contributed by atoms with Crippen LogP contribution in [0.5, 0.6) is 0 Å². The van der Waals surface area contributed by atoms with E-state index >= 15 is 0 Å². The molecule has 0 saturated carbocycles. The highest BCUT2D eigenvalue weighted by atomic mass is 79.9. The van der Waals surface area contributed by atoms with Crippen LogP contribution in [-0.4, -0.2) is 15.2 Å². The zero-order valence-corrected chi connectivity index (χ0v) is 8.25. The van der Waals surface area contributed by atoms with Crippen molar-refractivity contribution in [3.8, 4) is 11.4 Å². The molecule has 0 aliphatic rings. The fraction of sp³-hybridized carbons (Fsp3) is 0. The van der Waals surface area contributed by atoms with Gasteiger partial charge in [-0.1, -0.05) is 34.1 Å². The summed E-state index contributed by atoms with van der Waals surface area (Å²) in [6.45, 7) is 0. The van der Waals surface area contributed by atoms with Gasteiger partial charge in [-0.3, -0.25) is 5.10 Å². The SMILES string of the molecule is Nc1n[nH]c(-c2ccccc2Br)n1. The highest BCUT2D eigenvalue weighted by Crippen LogP contribution is 2.24. The maximum Gasteiger partial charge on any atom is 0.239 e. The Kier molecular flexibility index (Phi) is 2.02. The number of anilines is 1. The lowest BCUT2D eigenvalue weighted by Crippen LogP contribution is -1.85. The molecule has 13 heavy (non-hydrogen) atoms. The van der Waals surface area contributed by atoms with Crippen LogP contribution in [0.15, 0.2) is 28.7 Å². The van der Waals surface area contributed by atoms with E-state index < -0.39 is 0 Å². The first kappa shape index (κ1) is 8.25. The van der Waals surface area contributed by atoms with Gasteiger partial charge in [0.1, 0.15) is 0 Å². The van der Waals surface area contributed by atoms with Crippen molar-refractivity contribution in [1.29, 1.82) is 0 Å². The van der Waals surface area contributed by atoms with Crippen LogP contribution in [0.4, 0.5) is 5.95 Å². The molecular formula is C8H7BrN4. The minimum atomic E-state index is 0.255. The van der Waals surface area contributed by atoms with Crippen LogP contribution < -0.4 is 5.73 Å². The van der Waals surface area contributed by atoms with Gasteiger partial charge in [0.15, 0.2) is 5.82 Å². The van der Waals surface area contributed by atoms with E-state index in [2.05, 4.69) is 31.1 Å². The number of nitrogens with zero attached hydrogens (tertiary/aromatic N) is 2. The molecule has 4 nitrogen and oxygen atoms in total. The molecule has 0 aliphatic heterocycles. The molecule has 1 aromatic heterocycles. The molecule has 0 unspecified atom stereocenters. The third-order valence-corrected chi connectivity index (χ3v) is 2.32.